The first-order chi connectivity index (χ1) is 14.2. The zero-order valence-corrected chi connectivity index (χ0v) is 17.6. The number of nitrogens with one attached hydrogen (secondary N) is 1. The molecule has 0 spiro atoms. The van der Waals surface area contributed by atoms with Crippen molar-refractivity contribution in [3.63, 3.8) is 0 Å². The fraction of sp³-hybridized carbons (Fsp3) is 0.238. The van der Waals surface area contributed by atoms with Crippen LogP contribution in [-0.2, 0) is 11.3 Å². The van der Waals surface area contributed by atoms with E-state index in [9.17, 15) is 14.9 Å². The molecule has 30 heavy (non-hydrogen) atoms. The highest BCUT2D eigenvalue weighted by Gasteiger charge is 2.15. The highest BCUT2D eigenvalue weighted by atomic mass is 35.5. The van der Waals surface area contributed by atoms with Crippen LogP contribution in [0.3, 0.4) is 0 Å². The van der Waals surface area contributed by atoms with Crippen LogP contribution in [0.4, 0.5) is 11.4 Å². The third-order valence-corrected chi connectivity index (χ3v) is 5.10. The second kappa shape index (κ2) is 8.96. The molecule has 1 aromatic heterocycles. The molecule has 9 heteroatoms. The van der Waals surface area contributed by atoms with E-state index in [1.807, 2.05) is 32.0 Å². The number of hydrogen-bond acceptors (Lipinski definition) is 5. The molecule has 0 aliphatic heterocycles. The maximum atomic E-state index is 12.4. The van der Waals surface area contributed by atoms with Gasteiger partial charge in [-0.05, 0) is 32.4 Å². The smallest absolute Gasteiger partial charge is 0.275 e. The number of rotatable bonds is 7. The molecule has 1 amide bonds. The normalized spacial score (nSPS) is 10.7. The van der Waals surface area contributed by atoms with Gasteiger partial charge in [0.05, 0.1) is 39.6 Å². The van der Waals surface area contributed by atoms with Crippen molar-refractivity contribution in [1.29, 1.82) is 0 Å². The summed E-state index contributed by atoms with van der Waals surface area (Å²) in [4.78, 5) is 23.2. The van der Waals surface area contributed by atoms with Crippen LogP contribution >= 0.6 is 11.6 Å². The first-order valence-electron chi connectivity index (χ1n) is 9.27. The lowest BCUT2D eigenvalue weighted by Gasteiger charge is -2.11. The molecule has 0 saturated carbocycles. The number of carbonyl (C=O) groups is 1. The molecule has 156 valence electrons. The number of aromatic nitrogens is 2. The Morgan fingerprint density at radius 3 is 2.60 bits per heavy atom. The van der Waals surface area contributed by atoms with Crippen molar-refractivity contribution in [2.24, 2.45) is 0 Å². The second-order valence-electron chi connectivity index (χ2n) is 6.85. The molecule has 0 atom stereocenters. The Bertz CT molecular complexity index is 1110. The largest absolute Gasteiger partial charge is 0.457 e. The standard InChI is InChI=1S/C21H21ClN4O4/c1-13-6-4-5-7-19(13)30-18-11-16(10-17(12-18)26(28)29)23-20(27)8-9-25-15(3)21(22)14(2)24-25/h4-7,10-12H,8-9H2,1-3H3,(H,23,27). The third-order valence-electron chi connectivity index (χ3n) is 4.55. The summed E-state index contributed by atoms with van der Waals surface area (Å²) in [6.07, 6.45) is 0.134. The summed E-state index contributed by atoms with van der Waals surface area (Å²) in [6, 6.07) is 11.5. The Balaban J connectivity index is 1.75. The maximum Gasteiger partial charge on any atom is 0.275 e. The summed E-state index contributed by atoms with van der Waals surface area (Å²) < 4.78 is 7.46. The summed E-state index contributed by atoms with van der Waals surface area (Å²) in [5.41, 5.74) is 2.47. The van der Waals surface area contributed by atoms with E-state index in [-0.39, 0.29) is 29.5 Å². The number of amides is 1. The first kappa shape index (κ1) is 21.3. The molecule has 8 nitrogen and oxygen atoms in total. The number of aryl methyl sites for hydroxylation is 3. The number of anilines is 1. The van der Waals surface area contributed by atoms with E-state index in [0.717, 1.165) is 11.3 Å². The molecular weight excluding hydrogens is 408 g/mol. The predicted molar refractivity (Wildman–Crippen MR) is 114 cm³/mol. The van der Waals surface area contributed by atoms with E-state index in [1.54, 1.807) is 23.7 Å². The van der Waals surface area contributed by atoms with Gasteiger partial charge in [0.25, 0.3) is 5.69 Å². The van der Waals surface area contributed by atoms with Crippen molar-refractivity contribution in [2.75, 3.05) is 5.32 Å². The average molecular weight is 429 g/mol. The monoisotopic (exact) mass is 428 g/mol. The van der Waals surface area contributed by atoms with E-state index >= 15 is 0 Å². The molecule has 3 rings (SSSR count). The fourth-order valence-corrected chi connectivity index (χ4v) is 3.08. The Kier molecular flexibility index (Phi) is 6.37. The minimum absolute atomic E-state index is 0.134. The Morgan fingerprint density at radius 1 is 1.23 bits per heavy atom. The van der Waals surface area contributed by atoms with Gasteiger partial charge in [0.15, 0.2) is 0 Å². The van der Waals surface area contributed by atoms with E-state index in [4.69, 9.17) is 16.3 Å². The van der Waals surface area contributed by atoms with Crippen LogP contribution in [0.5, 0.6) is 11.5 Å². The lowest BCUT2D eigenvalue weighted by molar-refractivity contribution is -0.384. The van der Waals surface area contributed by atoms with Gasteiger partial charge in [-0.25, -0.2) is 0 Å². The minimum Gasteiger partial charge on any atom is -0.457 e. The van der Waals surface area contributed by atoms with Crippen LogP contribution in [0.1, 0.15) is 23.4 Å². The Hall–Kier alpha value is -3.39. The van der Waals surface area contributed by atoms with Crippen molar-refractivity contribution in [3.05, 3.63) is 74.6 Å². The summed E-state index contributed by atoms with van der Waals surface area (Å²) in [5, 5.41) is 18.9. The van der Waals surface area contributed by atoms with Gasteiger partial charge in [-0.3, -0.25) is 19.6 Å². The van der Waals surface area contributed by atoms with Crippen LogP contribution in [0.25, 0.3) is 0 Å². The van der Waals surface area contributed by atoms with Crippen LogP contribution in [0.2, 0.25) is 5.02 Å². The van der Waals surface area contributed by atoms with E-state index in [0.29, 0.717) is 23.0 Å². The second-order valence-corrected chi connectivity index (χ2v) is 7.22. The van der Waals surface area contributed by atoms with E-state index in [2.05, 4.69) is 10.4 Å². The zero-order chi connectivity index (χ0) is 21.8. The topological polar surface area (TPSA) is 99.3 Å². The van der Waals surface area contributed by atoms with Gasteiger partial charge in [-0.15, -0.1) is 0 Å². The average Bonchev–Trinajstić information content (AvgIpc) is 2.94. The molecule has 2 aromatic carbocycles. The quantitative estimate of drug-likeness (QED) is 0.412. The Labute approximate surface area is 178 Å². The molecule has 1 N–H and O–H groups in total. The van der Waals surface area contributed by atoms with Gasteiger partial charge >= 0.3 is 0 Å². The van der Waals surface area contributed by atoms with Gasteiger partial charge in [-0.2, -0.15) is 5.10 Å². The first-order valence-corrected chi connectivity index (χ1v) is 9.64. The van der Waals surface area contributed by atoms with Crippen LogP contribution in [0, 0.1) is 30.9 Å². The fourth-order valence-electron chi connectivity index (χ4n) is 2.94. The SMILES string of the molecule is Cc1ccccc1Oc1cc(NC(=O)CCn2nc(C)c(Cl)c2C)cc([N+](=O)[O-])c1. The van der Waals surface area contributed by atoms with Crippen molar-refractivity contribution in [3.8, 4) is 11.5 Å². The molecule has 0 aliphatic carbocycles. The van der Waals surface area contributed by atoms with Crippen molar-refractivity contribution < 1.29 is 14.5 Å². The minimum atomic E-state index is -0.530. The lowest BCUT2D eigenvalue weighted by atomic mass is 10.2. The number of hydrogen-bond donors (Lipinski definition) is 1. The van der Waals surface area contributed by atoms with Crippen molar-refractivity contribution in [1.82, 2.24) is 9.78 Å². The van der Waals surface area contributed by atoms with Crippen molar-refractivity contribution >= 4 is 28.9 Å². The van der Waals surface area contributed by atoms with E-state index in [1.165, 1.54) is 12.1 Å². The van der Waals surface area contributed by atoms with Gasteiger partial charge in [0.2, 0.25) is 5.91 Å². The number of halogens is 1. The van der Waals surface area contributed by atoms with Gasteiger partial charge in [0, 0.05) is 18.6 Å². The lowest BCUT2D eigenvalue weighted by Crippen LogP contribution is -2.15. The molecule has 1 heterocycles. The molecule has 0 bridgehead atoms. The highest BCUT2D eigenvalue weighted by molar-refractivity contribution is 6.31. The number of ether oxygens (including phenoxy) is 1. The molecule has 0 aliphatic rings. The number of para-hydroxylation sites is 1. The number of nitro groups is 1. The van der Waals surface area contributed by atoms with Gasteiger partial charge in [0.1, 0.15) is 11.5 Å². The number of carbonyl (C=O) groups excluding carboxylic acids is 1. The zero-order valence-electron chi connectivity index (χ0n) is 16.8. The van der Waals surface area contributed by atoms with Crippen LogP contribution < -0.4 is 10.1 Å². The molecule has 0 fully saturated rings. The molecular formula is C21H21ClN4O4. The number of nitro benzene ring substituents is 1. The van der Waals surface area contributed by atoms with Crippen LogP contribution in [-0.4, -0.2) is 20.6 Å². The van der Waals surface area contributed by atoms with Gasteiger partial charge < -0.3 is 10.1 Å². The molecule has 3 aromatic rings. The summed E-state index contributed by atoms with van der Waals surface area (Å²) in [6.45, 7) is 5.84. The summed E-state index contributed by atoms with van der Waals surface area (Å²) >= 11 is 6.12. The third kappa shape index (κ3) is 4.96. The number of nitrogens with zero attached hydrogens (tertiary/aromatic N) is 3. The predicted octanol–water partition coefficient (Wildman–Crippen LogP) is 5.19. The van der Waals surface area contributed by atoms with E-state index < -0.39 is 4.92 Å². The number of non-ortho nitro benzene ring substituents is 1. The maximum absolute atomic E-state index is 12.4. The summed E-state index contributed by atoms with van der Waals surface area (Å²) in [5.74, 6) is 0.539. The molecule has 0 unspecified atom stereocenters. The number of benzene rings is 2. The summed E-state index contributed by atoms with van der Waals surface area (Å²) in [7, 11) is 0. The highest BCUT2D eigenvalue weighted by Crippen LogP contribution is 2.31. The molecule has 0 saturated heterocycles. The Morgan fingerprint density at radius 2 is 1.97 bits per heavy atom. The molecule has 0 radical (unpaired) electrons. The van der Waals surface area contributed by atoms with Crippen LogP contribution in [0.15, 0.2) is 42.5 Å². The van der Waals surface area contributed by atoms with Gasteiger partial charge in [-0.1, -0.05) is 29.8 Å². The van der Waals surface area contributed by atoms with Crippen molar-refractivity contribution in [2.45, 2.75) is 33.7 Å².